The lowest BCUT2D eigenvalue weighted by molar-refractivity contribution is -0.120. The Kier molecular flexibility index (Phi) is 5.41. The molecule has 128 valence electrons. The van der Waals surface area contributed by atoms with E-state index < -0.39 is 0 Å². The highest BCUT2D eigenvalue weighted by Crippen LogP contribution is 2.31. The van der Waals surface area contributed by atoms with Crippen LogP contribution in [0, 0.1) is 12.8 Å². The zero-order chi connectivity index (χ0) is 16.9. The molecule has 1 saturated heterocycles. The number of nitrogens with zero attached hydrogens (tertiary/aromatic N) is 1. The van der Waals surface area contributed by atoms with Crippen molar-refractivity contribution in [1.82, 2.24) is 5.32 Å². The molecule has 0 aliphatic carbocycles. The van der Waals surface area contributed by atoms with Crippen LogP contribution in [0.15, 0.2) is 36.4 Å². The van der Waals surface area contributed by atoms with Crippen molar-refractivity contribution in [2.45, 2.75) is 19.8 Å². The minimum absolute atomic E-state index is 0.118. The van der Waals surface area contributed by atoms with E-state index in [4.69, 9.17) is 4.74 Å². The smallest absolute Gasteiger partial charge is 0.225 e. The van der Waals surface area contributed by atoms with E-state index >= 15 is 0 Å². The molecule has 24 heavy (non-hydrogen) atoms. The molecule has 1 fully saturated rings. The van der Waals surface area contributed by atoms with E-state index in [0.29, 0.717) is 12.3 Å². The van der Waals surface area contributed by atoms with Crippen molar-refractivity contribution in [2.75, 3.05) is 31.6 Å². The lowest BCUT2D eigenvalue weighted by atomic mass is 10.1. The number of hydrogen-bond acceptors (Lipinski definition) is 4. The van der Waals surface area contributed by atoms with Crippen molar-refractivity contribution in [3.63, 3.8) is 0 Å². The molecule has 1 aromatic heterocycles. The molecule has 1 aliphatic heterocycles. The monoisotopic (exact) mass is 344 g/mol. The third-order valence-corrected chi connectivity index (χ3v) is 5.43. The molecule has 1 N–H and O–H groups in total. The van der Waals surface area contributed by atoms with Gasteiger partial charge in [0.1, 0.15) is 5.75 Å². The number of amides is 1. The predicted octanol–water partition coefficient (Wildman–Crippen LogP) is 3.25. The number of aryl methyl sites for hydroxylation is 1. The first-order valence-corrected chi connectivity index (χ1v) is 9.17. The van der Waals surface area contributed by atoms with E-state index in [0.717, 1.165) is 42.4 Å². The van der Waals surface area contributed by atoms with E-state index in [-0.39, 0.29) is 5.91 Å². The number of nitrogens with one attached hydrogen (secondary N) is 1. The van der Waals surface area contributed by atoms with Crippen LogP contribution in [0.1, 0.15) is 16.2 Å². The predicted molar refractivity (Wildman–Crippen MR) is 99.1 cm³/mol. The van der Waals surface area contributed by atoms with Gasteiger partial charge in [-0.15, -0.1) is 11.3 Å². The quantitative estimate of drug-likeness (QED) is 0.875. The van der Waals surface area contributed by atoms with Crippen molar-refractivity contribution in [3.8, 4) is 5.75 Å². The Bertz CT molecular complexity index is 698. The summed E-state index contributed by atoms with van der Waals surface area (Å²) >= 11 is 1.69. The highest BCUT2D eigenvalue weighted by Gasteiger charge is 2.24. The van der Waals surface area contributed by atoms with Crippen LogP contribution in [0.5, 0.6) is 5.75 Å². The Balaban J connectivity index is 1.48. The number of methoxy groups -OCH3 is 1. The molecule has 2 aromatic rings. The lowest BCUT2D eigenvalue weighted by Crippen LogP contribution is -2.31. The maximum atomic E-state index is 12.1. The third-order valence-electron chi connectivity index (χ3n) is 4.43. The van der Waals surface area contributed by atoms with Crippen LogP contribution in [0.25, 0.3) is 0 Å². The first kappa shape index (κ1) is 16.8. The number of ether oxygens (including phenoxy) is 1. The van der Waals surface area contributed by atoms with Gasteiger partial charge in [0, 0.05) is 29.4 Å². The van der Waals surface area contributed by atoms with Gasteiger partial charge in [0.15, 0.2) is 0 Å². The van der Waals surface area contributed by atoms with Gasteiger partial charge in [0.2, 0.25) is 5.91 Å². The fourth-order valence-electron chi connectivity index (χ4n) is 3.17. The fraction of sp³-hybridized carbons (Fsp3) is 0.421. The summed E-state index contributed by atoms with van der Waals surface area (Å²) in [7, 11) is 1.71. The van der Waals surface area contributed by atoms with Crippen LogP contribution < -0.4 is 15.0 Å². The lowest BCUT2D eigenvalue weighted by Gasteiger charge is -2.21. The molecule has 5 heteroatoms. The molecule has 0 bridgehead atoms. The van der Waals surface area contributed by atoms with Crippen LogP contribution in [0.2, 0.25) is 0 Å². The third kappa shape index (κ3) is 4.09. The van der Waals surface area contributed by atoms with Crippen LogP contribution in [-0.2, 0) is 11.2 Å². The second-order valence-corrected chi connectivity index (χ2v) is 7.64. The number of carbonyl (C=O) groups is 1. The summed E-state index contributed by atoms with van der Waals surface area (Å²) in [5, 5.41) is 3.09. The molecule has 1 aliphatic rings. The Labute approximate surface area is 147 Å². The largest absolute Gasteiger partial charge is 0.495 e. The van der Waals surface area contributed by atoms with Crippen molar-refractivity contribution < 1.29 is 9.53 Å². The van der Waals surface area contributed by atoms with Gasteiger partial charge in [-0.3, -0.25) is 4.79 Å². The van der Waals surface area contributed by atoms with Crippen LogP contribution in [-0.4, -0.2) is 32.7 Å². The first-order valence-electron chi connectivity index (χ1n) is 8.35. The van der Waals surface area contributed by atoms with Crippen molar-refractivity contribution in [3.05, 3.63) is 46.2 Å². The molecule has 1 amide bonds. The number of rotatable bonds is 6. The van der Waals surface area contributed by atoms with E-state index in [1.165, 1.54) is 4.88 Å². The summed E-state index contributed by atoms with van der Waals surface area (Å²) in [6.45, 7) is 4.77. The number of benzene rings is 1. The second kappa shape index (κ2) is 7.71. The van der Waals surface area contributed by atoms with E-state index in [9.17, 15) is 4.79 Å². The van der Waals surface area contributed by atoms with Gasteiger partial charge in [0.05, 0.1) is 19.2 Å². The Morgan fingerprint density at radius 2 is 2.17 bits per heavy atom. The van der Waals surface area contributed by atoms with Gasteiger partial charge >= 0.3 is 0 Å². The summed E-state index contributed by atoms with van der Waals surface area (Å²) in [5.74, 6) is 1.52. The van der Waals surface area contributed by atoms with Crippen molar-refractivity contribution in [1.29, 1.82) is 0 Å². The topological polar surface area (TPSA) is 41.6 Å². The Morgan fingerprint density at radius 3 is 2.92 bits per heavy atom. The number of carbonyl (C=O) groups excluding carboxylic acids is 1. The highest BCUT2D eigenvalue weighted by molar-refractivity contribution is 7.12. The fourth-order valence-corrected chi connectivity index (χ4v) is 4.06. The zero-order valence-electron chi connectivity index (χ0n) is 14.2. The second-order valence-electron chi connectivity index (χ2n) is 6.27. The average Bonchev–Trinajstić information content (AvgIpc) is 3.22. The zero-order valence-corrected chi connectivity index (χ0v) is 15.1. The average molecular weight is 344 g/mol. The number of thiophene rings is 1. The summed E-state index contributed by atoms with van der Waals surface area (Å²) in [4.78, 5) is 16.8. The molecule has 0 spiro atoms. The molecule has 3 rings (SSSR count). The SMILES string of the molecule is COc1ccccc1N1CC[C@@H](CNC(=O)Cc2ccc(C)s2)C1. The molecule has 0 saturated carbocycles. The molecule has 1 atom stereocenters. The minimum atomic E-state index is 0.118. The molecular formula is C19H24N2O2S. The van der Waals surface area contributed by atoms with Gasteiger partial charge in [-0.1, -0.05) is 12.1 Å². The van der Waals surface area contributed by atoms with E-state index in [1.807, 2.05) is 24.3 Å². The molecule has 1 aromatic carbocycles. The van der Waals surface area contributed by atoms with Gasteiger partial charge in [-0.2, -0.15) is 0 Å². The Hall–Kier alpha value is -2.01. The molecular weight excluding hydrogens is 320 g/mol. The van der Waals surface area contributed by atoms with E-state index in [2.05, 4.69) is 29.3 Å². The van der Waals surface area contributed by atoms with Crippen LogP contribution in [0.4, 0.5) is 5.69 Å². The summed E-state index contributed by atoms with van der Waals surface area (Å²) in [6, 6.07) is 12.2. The summed E-state index contributed by atoms with van der Waals surface area (Å²) in [6.07, 6.45) is 1.58. The Morgan fingerprint density at radius 1 is 1.33 bits per heavy atom. The maximum Gasteiger partial charge on any atom is 0.225 e. The normalized spacial score (nSPS) is 17.1. The van der Waals surface area contributed by atoms with Crippen molar-refractivity contribution in [2.24, 2.45) is 5.92 Å². The number of hydrogen-bond donors (Lipinski definition) is 1. The van der Waals surface area contributed by atoms with Gasteiger partial charge < -0.3 is 15.0 Å². The van der Waals surface area contributed by atoms with Gasteiger partial charge in [-0.05, 0) is 43.5 Å². The first-order chi connectivity index (χ1) is 11.7. The summed E-state index contributed by atoms with van der Waals surface area (Å²) < 4.78 is 5.45. The highest BCUT2D eigenvalue weighted by atomic mass is 32.1. The summed E-state index contributed by atoms with van der Waals surface area (Å²) in [5.41, 5.74) is 1.14. The standard InChI is InChI=1S/C19H24N2O2S/c1-14-7-8-16(24-14)11-19(22)20-12-15-9-10-21(13-15)17-5-3-4-6-18(17)23-2/h3-8,15H,9-13H2,1-2H3,(H,20,22)/t15-/m0/s1. The maximum absolute atomic E-state index is 12.1. The van der Waals surface area contributed by atoms with Gasteiger partial charge in [-0.25, -0.2) is 0 Å². The van der Waals surface area contributed by atoms with Gasteiger partial charge in [0.25, 0.3) is 0 Å². The van der Waals surface area contributed by atoms with Crippen LogP contribution >= 0.6 is 11.3 Å². The minimum Gasteiger partial charge on any atom is -0.495 e. The van der Waals surface area contributed by atoms with E-state index in [1.54, 1.807) is 18.4 Å². The number of para-hydroxylation sites is 2. The molecule has 4 nitrogen and oxygen atoms in total. The molecule has 2 heterocycles. The van der Waals surface area contributed by atoms with Crippen LogP contribution in [0.3, 0.4) is 0 Å². The van der Waals surface area contributed by atoms with Crippen molar-refractivity contribution >= 4 is 22.9 Å². The molecule has 0 unspecified atom stereocenters. The number of anilines is 1. The molecule has 0 radical (unpaired) electrons.